The fourth-order valence-electron chi connectivity index (χ4n) is 1.51. The largest absolute Gasteiger partial charge is 0.477 e. The number of nitro benzene ring substituents is 1. The van der Waals surface area contributed by atoms with Crippen LogP contribution in [0.5, 0.6) is 0 Å². The van der Waals surface area contributed by atoms with Crippen LogP contribution in [-0.4, -0.2) is 25.8 Å². The van der Waals surface area contributed by atoms with Crippen molar-refractivity contribution >= 4 is 34.2 Å². The van der Waals surface area contributed by atoms with E-state index >= 15 is 0 Å². The number of hydrogen-bond donors (Lipinski definition) is 1. The molecule has 1 aromatic carbocycles. The zero-order chi connectivity index (χ0) is 13.3. The summed E-state index contributed by atoms with van der Waals surface area (Å²) in [5.74, 6) is -1.34. The Morgan fingerprint density at radius 1 is 1.50 bits per heavy atom. The van der Waals surface area contributed by atoms with Crippen molar-refractivity contribution in [3.63, 3.8) is 0 Å². The molecule has 1 heterocycles. The van der Waals surface area contributed by atoms with E-state index in [0.717, 1.165) is 3.57 Å². The lowest BCUT2D eigenvalue weighted by Gasteiger charge is -2.04. The molecular formula is C10H6IN3O4. The maximum atomic E-state index is 11.0. The van der Waals surface area contributed by atoms with E-state index in [-0.39, 0.29) is 11.3 Å². The highest BCUT2D eigenvalue weighted by Crippen LogP contribution is 2.27. The second-order valence-corrected chi connectivity index (χ2v) is 4.58. The maximum Gasteiger partial charge on any atom is 0.342 e. The average molecular weight is 359 g/mol. The van der Waals surface area contributed by atoms with Crippen molar-refractivity contribution in [2.45, 2.75) is 0 Å². The van der Waals surface area contributed by atoms with Gasteiger partial charge in [0.1, 0.15) is 11.3 Å². The number of para-hydroxylation sites is 1. The van der Waals surface area contributed by atoms with Crippen molar-refractivity contribution in [2.24, 2.45) is 0 Å². The molecule has 0 bridgehead atoms. The molecule has 0 aliphatic heterocycles. The smallest absolute Gasteiger partial charge is 0.342 e. The Labute approximate surface area is 114 Å². The van der Waals surface area contributed by atoms with Gasteiger partial charge in [0.05, 0.1) is 14.7 Å². The van der Waals surface area contributed by atoms with Gasteiger partial charge in [-0.2, -0.15) is 5.10 Å². The molecule has 0 saturated heterocycles. The van der Waals surface area contributed by atoms with Crippen LogP contribution in [0.3, 0.4) is 0 Å². The van der Waals surface area contributed by atoms with Gasteiger partial charge in [-0.25, -0.2) is 9.48 Å². The van der Waals surface area contributed by atoms with Crippen LogP contribution in [-0.2, 0) is 0 Å². The lowest BCUT2D eigenvalue weighted by Crippen LogP contribution is -2.07. The molecule has 7 nitrogen and oxygen atoms in total. The lowest BCUT2D eigenvalue weighted by atomic mass is 10.1. The van der Waals surface area contributed by atoms with Gasteiger partial charge in [-0.15, -0.1) is 0 Å². The van der Waals surface area contributed by atoms with E-state index in [2.05, 4.69) is 5.10 Å². The van der Waals surface area contributed by atoms with Crippen LogP contribution in [0.4, 0.5) is 5.69 Å². The summed E-state index contributed by atoms with van der Waals surface area (Å²) in [7, 11) is 0. The summed E-state index contributed by atoms with van der Waals surface area (Å²) in [6.45, 7) is 0. The molecule has 2 aromatic rings. The minimum absolute atomic E-state index is 0.128. The number of aromatic carboxylic acids is 1. The molecule has 18 heavy (non-hydrogen) atoms. The predicted octanol–water partition coefficient (Wildman–Crippen LogP) is 2.08. The number of rotatable bonds is 3. The molecule has 0 aliphatic carbocycles. The summed E-state index contributed by atoms with van der Waals surface area (Å²) in [5.41, 5.74) is -0.699. The van der Waals surface area contributed by atoms with Crippen LogP contribution in [0.15, 0.2) is 30.6 Å². The molecule has 0 aliphatic rings. The van der Waals surface area contributed by atoms with Crippen molar-refractivity contribution in [1.29, 1.82) is 0 Å². The highest BCUT2D eigenvalue weighted by Gasteiger charge is 2.25. The molecule has 92 valence electrons. The quantitative estimate of drug-likeness (QED) is 0.514. The van der Waals surface area contributed by atoms with Crippen molar-refractivity contribution in [3.05, 3.63) is 49.8 Å². The summed E-state index contributed by atoms with van der Waals surface area (Å²) >= 11 is 2.01. The zero-order valence-corrected chi connectivity index (χ0v) is 10.9. The molecule has 8 heteroatoms. The van der Waals surface area contributed by atoms with Gasteiger partial charge < -0.3 is 5.11 Å². The minimum atomic E-state index is -1.34. The molecule has 1 N–H and O–H groups in total. The maximum absolute atomic E-state index is 11.0. The molecule has 0 saturated carbocycles. The first-order valence-electron chi connectivity index (χ1n) is 4.72. The Bertz CT molecular complexity index is 638. The van der Waals surface area contributed by atoms with E-state index in [4.69, 9.17) is 5.11 Å². The molecule has 0 spiro atoms. The predicted molar refractivity (Wildman–Crippen MR) is 69.9 cm³/mol. The summed E-state index contributed by atoms with van der Waals surface area (Å²) in [6, 6.07) is 4.09. The second kappa shape index (κ2) is 4.72. The van der Waals surface area contributed by atoms with Crippen molar-refractivity contribution in [2.75, 3.05) is 0 Å². The summed E-state index contributed by atoms with van der Waals surface area (Å²) in [6.07, 6.45) is 3.10. The molecule has 0 atom stereocenters. The molecular weight excluding hydrogens is 353 g/mol. The number of benzene rings is 1. The standard InChI is InChI=1S/C10H6IN3O4/c11-6-4-12-13(5-6)8-3-1-2-7(10(15)16)9(8)14(17)18/h1-5H,(H,15,16). The zero-order valence-electron chi connectivity index (χ0n) is 8.78. The number of carboxylic acid groups (broad SMARTS) is 1. The van der Waals surface area contributed by atoms with E-state index in [9.17, 15) is 14.9 Å². The van der Waals surface area contributed by atoms with E-state index in [1.54, 1.807) is 6.20 Å². The summed E-state index contributed by atoms with van der Waals surface area (Å²) in [4.78, 5) is 21.3. The van der Waals surface area contributed by atoms with Crippen LogP contribution in [0, 0.1) is 13.7 Å². The van der Waals surface area contributed by atoms with Gasteiger partial charge in [-0.3, -0.25) is 10.1 Å². The SMILES string of the molecule is O=C(O)c1cccc(-n2cc(I)cn2)c1[N+](=O)[O-]. The minimum Gasteiger partial charge on any atom is -0.477 e. The molecule has 0 amide bonds. The van der Waals surface area contributed by atoms with Gasteiger partial charge in [-0.1, -0.05) is 6.07 Å². The number of nitro groups is 1. The first-order chi connectivity index (χ1) is 8.50. The molecule has 0 fully saturated rings. The molecule has 0 unspecified atom stereocenters. The average Bonchev–Trinajstić information content (AvgIpc) is 2.74. The van der Waals surface area contributed by atoms with Crippen LogP contribution in [0.25, 0.3) is 5.69 Å². The number of carboxylic acids is 1. The highest BCUT2D eigenvalue weighted by molar-refractivity contribution is 14.1. The number of carbonyl (C=O) groups is 1. The van der Waals surface area contributed by atoms with Gasteiger partial charge in [0.25, 0.3) is 0 Å². The Balaban J connectivity index is 2.71. The summed E-state index contributed by atoms with van der Waals surface area (Å²) in [5, 5.41) is 23.9. The number of halogens is 1. The van der Waals surface area contributed by atoms with E-state index in [1.807, 2.05) is 22.6 Å². The number of nitrogens with zero attached hydrogens (tertiary/aromatic N) is 3. The number of aromatic nitrogens is 2. The Morgan fingerprint density at radius 2 is 2.22 bits per heavy atom. The normalized spacial score (nSPS) is 10.3. The molecule has 2 rings (SSSR count). The Hall–Kier alpha value is -1.97. The van der Waals surface area contributed by atoms with E-state index in [1.165, 1.54) is 29.1 Å². The Morgan fingerprint density at radius 3 is 2.72 bits per heavy atom. The third-order valence-corrected chi connectivity index (χ3v) is 2.78. The first kappa shape index (κ1) is 12.5. The van der Waals surface area contributed by atoms with E-state index in [0.29, 0.717) is 0 Å². The third kappa shape index (κ3) is 2.18. The van der Waals surface area contributed by atoms with Crippen LogP contribution >= 0.6 is 22.6 Å². The van der Waals surface area contributed by atoms with Crippen LogP contribution in [0.1, 0.15) is 10.4 Å². The van der Waals surface area contributed by atoms with Gasteiger partial charge in [-0.05, 0) is 34.7 Å². The third-order valence-electron chi connectivity index (χ3n) is 2.23. The first-order valence-corrected chi connectivity index (χ1v) is 5.80. The fourth-order valence-corrected chi connectivity index (χ4v) is 1.90. The van der Waals surface area contributed by atoms with Gasteiger partial charge in [0.15, 0.2) is 0 Å². The van der Waals surface area contributed by atoms with Crippen molar-refractivity contribution in [1.82, 2.24) is 9.78 Å². The van der Waals surface area contributed by atoms with E-state index < -0.39 is 16.6 Å². The molecule has 1 aromatic heterocycles. The topological polar surface area (TPSA) is 98.3 Å². The summed E-state index contributed by atoms with van der Waals surface area (Å²) < 4.78 is 2.08. The van der Waals surface area contributed by atoms with Crippen molar-refractivity contribution < 1.29 is 14.8 Å². The van der Waals surface area contributed by atoms with Crippen LogP contribution < -0.4 is 0 Å². The number of hydrogen-bond acceptors (Lipinski definition) is 4. The van der Waals surface area contributed by atoms with Crippen LogP contribution in [0.2, 0.25) is 0 Å². The Kier molecular flexibility index (Phi) is 3.28. The fraction of sp³-hybridized carbons (Fsp3) is 0. The van der Waals surface area contributed by atoms with Crippen molar-refractivity contribution in [3.8, 4) is 5.69 Å². The van der Waals surface area contributed by atoms with Gasteiger partial charge in [0.2, 0.25) is 0 Å². The second-order valence-electron chi connectivity index (χ2n) is 3.34. The van der Waals surface area contributed by atoms with Gasteiger partial charge in [0, 0.05) is 6.20 Å². The van der Waals surface area contributed by atoms with Gasteiger partial charge >= 0.3 is 11.7 Å². The monoisotopic (exact) mass is 359 g/mol. The molecule has 0 radical (unpaired) electrons. The lowest BCUT2D eigenvalue weighted by molar-refractivity contribution is -0.385. The highest BCUT2D eigenvalue weighted by atomic mass is 127.